The smallest absolute Gasteiger partial charge is 0.220 e. The minimum Gasteiger partial charge on any atom is -0.399 e. The van der Waals surface area contributed by atoms with Crippen molar-refractivity contribution in [3.05, 3.63) is 29.8 Å². The van der Waals surface area contributed by atoms with Gasteiger partial charge in [-0.2, -0.15) is 0 Å². The van der Waals surface area contributed by atoms with Crippen molar-refractivity contribution in [3.63, 3.8) is 0 Å². The van der Waals surface area contributed by atoms with Crippen LogP contribution in [0.3, 0.4) is 0 Å². The normalized spacial score (nSPS) is 12.1. The molecule has 0 saturated heterocycles. The van der Waals surface area contributed by atoms with Gasteiger partial charge in [0, 0.05) is 24.8 Å². The lowest BCUT2D eigenvalue weighted by Crippen LogP contribution is -2.32. The third-order valence-corrected chi connectivity index (χ3v) is 2.88. The van der Waals surface area contributed by atoms with Gasteiger partial charge in [-0.1, -0.05) is 18.2 Å². The van der Waals surface area contributed by atoms with E-state index < -0.39 is 0 Å². The van der Waals surface area contributed by atoms with Crippen molar-refractivity contribution in [1.29, 1.82) is 0 Å². The molecule has 0 saturated carbocycles. The van der Waals surface area contributed by atoms with Crippen LogP contribution >= 0.6 is 0 Å². The van der Waals surface area contributed by atoms with E-state index in [0.29, 0.717) is 19.3 Å². The van der Waals surface area contributed by atoms with E-state index in [0.717, 1.165) is 17.7 Å². The number of para-hydroxylation sites is 1. The molecule has 0 radical (unpaired) electrons. The summed E-state index contributed by atoms with van der Waals surface area (Å²) in [6.07, 6.45) is 2.62. The second kappa shape index (κ2) is 7.71. The molecule has 0 aliphatic heterocycles. The van der Waals surface area contributed by atoms with E-state index in [1.165, 1.54) is 0 Å². The fourth-order valence-electron chi connectivity index (χ4n) is 1.83. The minimum atomic E-state index is 0.0312. The number of carbonyl (C=O) groups is 1. The molecule has 0 aliphatic carbocycles. The van der Waals surface area contributed by atoms with Gasteiger partial charge in [0.25, 0.3) is 0 Å². The molecule has 18 heavy (non-hydrogen) atoms. The molecule has 0 bridgehead atoms. The van der Waals surface area contributed by atoms with Crippen LogP contribution in [0.4, 0.5) is 5.69 Å². The fraction of sp³-hybridized carbons (Fsp3) is 0.500. The van der Waals surface area contributed by atoms with E-state index in [9.17, 15) is 4.79 Å². The Balaban J connectivity index is 2.31. The zero-order valence-electron chi connectivity index (χ0n) is 10.9. The SMILES string of the molecule is CC(CCCO)NC(=O)CCc1ccccc1N. The molecule has 4 N–H and O–H groups in total. The highest BCUT2D eigenvalue weighted by Gasteiger charge is 2.08. The highest BCUT2D eigenvalue weighted by Crippen LogP contribution is 2.12. The average molecular weight is 250 g/mol. The van der Waals surface area contributed by atoms with Gasteiger partial charge in [0.05, 0.1) is 0 Å². The summed E-state index contributed by atoms with van der Waals surface area (Å²) < 4.78 is 0. The van der Waals surface area contributed by atoms with E-state index in [2.05, 4.69) is 5.32 Å². The van der Waals surface area contributed by atoms with Crippen molar-refractivity contribution in [2.75, 3.05) is 12.3 Å². The Kier molecular flexibility index (Phi) is 6.22. The van der Waals surface area contributed by atoms with Crippen LogP contribution in [0.1, 0.15) is 31.7 Å². The predicted octanol–water partition coefficient (Wildman–Crippen LogP) is 1.48. The van der Waals surface area contributed by atoms with Crippen molar-refractivity contribution < 1.29 is 9.90 Å². The molecule has 1 amide bonds. The van der Waals surface area contributed by atoms with E-state index in [4.69, 9.17) is 10.8 Å². The predicted molar refractivity (Wildman–Crippen MR) is 73.1 cm³/mol. The number of aryl methyl sites for hydroxylation is 1. The number of hydrogen-bond acceptors (Lipinski definition) is 3. The van der Waals surface area contributed by atoms with Gasteiger partial charge in [-0.15, -0.1) is 0 Å². The first-order valence-electron chi connectivity index (χ1n) is 6.37. The molecule has 0 spiro atoms. The summed E-state index contributed by atoms with van der Waals surface area (Å²) in [5.41, 5.74) is 7.56. The summed E-state index contributed by atoms with van der Waals surface area (Å²) >= 11 is 0. The van der Waals surface area contributed by atoms with Crippen LogP contribution in [0, 0.1) is 0 Å². The van der Waals surface area contributed by atoms with Crippen LogP contribution in [0.15, 0.2) is 24.3 Å². The Morgan fingerprint density at radius 3 is 2.83 bits per heavy atom. The first kappa shape index (κ1) is 14.5. The van der Waals surface area contributed by atoms with Gasteiger partial charge >= 0.3 is 0 Å². The molecule has 100 valence electrons. The van der Waals surface area contributed by atoms with Crippen molar-refractivity contribution in [2.24, 2.45) is 0 Å². The molecule has 1 aromatic carbocycles. The van der Waals surface area contributed by atoms with Crippen molar-refractivity contribution >= 4 is 11.6 Å². The largest absolute Gasteiger partial charge is 0.399 e. The molecular formula is C14H22N2O2. The first-order valence-corrected chi connectivity index (χ1v) is 6.37. The van der Waals surface area contributed by atoms with Crippen LogP contribution in [-0.2, 0) is 11.2 Å². The lowest BCUT2D eigenvalue weighted by molar-refractivity contribution is -0.121. The molecule has 0 fully saturated rings. The number of nitrogens with two attached hydrogens (primary N) is 1. The van der Waals surface area contributed by atoms with Crippen molar-refractivity contribution in [1.82, 2.24) is 5.32 Å². The molecule has 1 unspecified atom stereocenters. The molecule has 1 rings (SSSR count). The number of nitrogens with one attached hydrogen (secondary N) is 1. The third kappa shape index (κ3) is 5.19. The number of hydrogen-bond donors (Lipinski definition) is 3. The summed E-state index contributed by atoms with van der Waals surface area (Å²) in [7, 11) is 0. The second-order valence-corrected chi connectivity index (χ2v) is 4.53. The summed E-state index contributed by atoms with van der Waals surface area (Å²) in [4.78, 5) is 11.7. The van der Waals surface area contributed by atoms with Crippen LogP contribution in [0.25, 0.3) is 0 Å². The standard InChI is InChI=1S/C14H22N2O2/c1-11(5-4-10-17)16-14(18)9-8-12-6-2-3-7-13(12)15/h2-3,6-7,11,17H,4-5,8-10,15H2,1H3,(H,16,18). The molecule has 0 heterocycles. The maximum absolute atomic E-state index is 11.7. The van der Waals surface area contributed by atoms with E-state index in [1.54, 1.807) is 0 Å². The first-order chi connectivity index (χ1) is 8.63. The van der Waals surface area contributed by atoms with Crippen molar-refractivity contribution in [2.45, 2.75) is 38.6 Å². The number of carbonyl (C=O) groups excluding carboxylic acids is 1. The van der Waals surface area contributed by atoms with E-state index >= 15 is 0 Å². The number of nitrogen functional groups attached to an aromatic ring is 1. The Labute approximate surface area is 108 Å². The van der Waals surface area contributed by atoms with Crippen LogP contribution in [-0.4, -0.2) is 23.7 Å². The molecule has 1 atom stereocenters. The number of benzene rings is 1. The fourth-order valence-corrected chi connectivity index (χ4v) is 1.83. The molecule has 0 aromatic heterocycles. The molecular weight excluding hydrogens is 228 g/mol. The quantitative estimate of drug-likeness (QED) is 0.642. The van der Waals surface area contributed by atoms with Gasteiger partial charge in [0.2, 0.25) is 5.91 Å². The zero-order chi connectivity index (χ0) is 13.4. The highest BCUT2D eigenvalue weighted by atomic mass is 16.2. The molecule has 4 nitrogen and oxygen atoms in total. The molecule has 1 aromatic rings. The van der Waals surface area contributed by atoms with Gasteiger partial charge in [-0.05, 0) is 37.8 Å². The van der Waals surface area contributed by atoms with Gasteiger partial charge in [0.1, 0.15) is 0 Å². The second-order valence-electron chi connectivity index (χ2n) is 4.53. The van der Waals surface area contributed by atoms with Crippen LogP contribution in [0.5, 0.6) is 0 Å². The summed E-state index contributed by atoms with van der Waals surface area (Å²) in [6.45, 7) is 2.12. The zero-order valence-corrected chi connectivity index (χ0v) is 10.9. The Morgan fingerprint density at radius 1 is 1.44 bits per heavy atom. The number of rotatable bonds is 7. The van der Waals surface area contributed by atoms with Crippen LogP contribution < -0.4 is 11.1 Å². The molecule has 4 heteroatoms. The highest BCUT2D eigenvalue weighted by molar-refractivity contribution is 5.76. The lowest BCUT2D eigenvalue weighted by atomic mass is 10.1. The molecule has 0 aliphatic rings. The number of aliphatic hydroxyl groups is 1. The maximum atomic E-state index is 11.7. The lowest BCUT2D eigenvalue weighted by Gasteiger charge is -2.13. The van der Waals surface area contributed by atoms with E-state index in [1.807, 2.05) is 31.2 Å². The number of aliphatic hydroxyl groups excluding tert-OH is 1. The summed E-state index contributed by atoms with van der Waals surface area (Å²) in [6, 6.07) is 7.70. The van der Waals surface area contributed by atoms with Crippen LogP contribution in [0.2, 0.25) is 0 Å². The minimum absolute atomic E-state index is 0.0312. The van der Waals surface area contributed by atoms with Gasteiger partial charge in [-0.25, -0.2) is 0 Å². The van der Waals surface area contributed by atoms with E-state index in [-0.39, 0.29) is 18.6 Å². The monoisotopic (exact) mass is 250 g/mol. The summed E-state index contributed by atoms with van der Waals surface area (Å²) in [5.74, 6) is 0.0312. The Morgan fingerprint density at radius 2 is 2.17 bits per heavy atom. The van der Waals surface area contributed by atoms with Gasteiger partial charge in [0.15, 0.2) is 0 Å². The topological polar surface area (TPSA) is 75.3 Å². The number of amides is 1. The number of anilines is 1. The maximum Gasteiger partial charge on any atom is 0.220 e. The third-order valence-electron chi connectivity index (χ3n) is 2.88. The Hall–Kier alpha value is -1.55. The summed E-state index contributed by atoms with van der Waals surface area (Å²) in [5, 5.41) is 11.6. The average Bonchev–Trinajstić information content (AvgIpc) is 2.35. The van der Waals surface area contributed by atoms with Gasteiger partial charge in [-0.3, -0.25) is 4.79 Å². The van der Waals surface area contributed by atoms with Crippen molar-refractivity contribution in [3.8, 4) is 0 Å². The Bertz CT molecular complexity index is 380. The van der Waals surface area contributed by atoms with Gasteiger partial charge < -0.3 is 16.2 Å².